The van der Waals surface area contributed by atoms with Gasteiger partial charge in [-0.15, -0.1) is 0 Å². The monoisotopic (exact) mass is 413 g/mol. The van der Waals surface area contributed by atoms with Gasteiger partial charge in [-0.25, -0.2) is 4.90 Å². The molecule has 0 spiro atoms. The van der Waals surface area contributed by atoms with E-state index < -0.39 is 29.8 Å². The van der Waals surface area contributed by atoms with Gasteiger partial charge in [0.2, 0.25) is 11.8 Å². The number of rotatable bonds is 4. The standard InChI is InChI=1S/C24H19N3O4/c1-14(28)15-9-11-17(12-10-15)26-23(30)19-18-8-5-13-25-27(18)21(20(19)24(26)31)22(29)16-6-3-2-4-7-16/h2-13,18-21H,1H3/t18-,19-,20-,21+/m0/s1. The van der Waals surface area contributed by atoms with Crippen LogP contribution in [0.4, 0.5) is 5.69 Å². The lowest BCUT2D eigenvalue weighted by Crippen LogP contribution is -2.46. The molecule has 2 saturated heterocycles. The number of amides is 2. The highest BCUT2D eigenvalue weighted by molar-refractivity contribution is 6.24. The lowest BCUT2D eigenvalue weighted by Gasteiger charge is -2.30. The Kier molecular flexibility index (Phi) is 4.39. The van der Waals surface area contributed by atoms with E-state index in [0.717, 1.165) is 4.90 Å². The number of hydrazone groups is 1. The van der Waals surface area contributed by atoms with Gasteiger partial charge in [0.25, 0.3) is 0 Å². The zero-order valence-corrected chi connectivity index (χ0v) is 16.7. The topological polar surface area (TPSA) is 87.1 Å². The smallest absolute Gasteiger partial charge is 0.240 e. The molecule has 2 aromatic rings. The maximum atomic E-state index is 13.5. The zero-order chi connectivity index (χ0) is 21.7. The van der Waals surface area contributed by atoms with Gasteiger partial charge in [0, 0.05) is 17.3 Å². The Morgan fingerprint density at radius 2 is 1.55 bits per heavy atom. The number of carbonyl (C=O) groups excluding carboxylic acids is 4. The third-order valence-electron chi connectivity index (χ3n) is 6.15. The summed E-state index contributed by atoms with van der Waals surface area (Å²) in [6.45, 7) is 1.45. The molecular weight excluding hydrogens is 394 g/mol. The average Bonchev–Trinajstić information content (AvgIpc) is 3.27. The number of imide groups is 1. The van der Waals surface area contributed by atoms with Crippen molar-refractivity contribution in [2.24, 2.45) is 16.9 Å². The Morgan fingerprint density at radius 1 is 0.871 bits per heavy atom. The summed E-state index contributed by atoms with van der Waals surface area (Å²) in [6.07, 6.45) is 5.11. The average molecular weight is 413 g/mol. The molecule has 0 aromatic heterocycles. The van der Waals surface area contributed by atoms with E-state index in [1.165, 1.54) is 6.92 Å². The molecule has 3 aliphatic rings. The highest BCUT2D eigenvalue weighted by Gasteiger charge is 2.64. The van der Waals surface area contributed by atoms with Crippen molar-refractivity contribution in [3.8, 4) is 0 Å². The Labute approximate surface area is 178 Å². The van der Waals surface area contributed by atoms with E-state index in [9.17, 15) is 19.2 Å². The van der Waals surface area contributed by atoms with E-state index in [2.05, 4.69) is 5.10 Å². The molecule has 0 N–H and O–H groups in total. The molecular formula is C24H19N3O4. The number of nitrogens with zero attached hydrogens (tertiary/aromatic N) is 3. The second-order valence-electron chi connectivity index (χ2n) is 7.86. The van der Waals surface area contributed by atoms with E-state index >= 15 is 0 Å². The predicted octanol–water partition coefficient (Wildman–Crippen LogP) is 2.49. The fourth-order valence-corrected chi connectivity index (χ4v) is 4.71. The molecule has 0 radical (unpaired) electrons. The maximum Gasteiger partial charge on any atom is 0.240 e. The van der Waals surface area contributed by atoms with Gasteiger partial charge >= 0.3 is 0 Å². The minimum absolute atomic E-state index is 0.100. The van der Waals surface area contributed by atoms with Crippen molar-refractivity contribution in [3.05, 3.63) is 77.9 Å². The van der Waals surface area contributed by atoms with Crippen LogP contribution >= 0.6 is 0 Å². The number of Topliss-reactive ketones (excluding diaryl/α,β-unsaturated/α-hetero) is 2. The van der Waals surface area contributed by atoms with Crippen LogP contribution in [0.1, 0.15) is 27.6 Å². The van der Waals surface area contributed by atoms with Crippen LogP contribution in [0.15, 0.2) is 71.9 Å². The molecule has 0 aliphatic carbocycles. The summed E-state index contributed by atoms with van der Waals surface area (Å²) in [4.78, 5) is 53.0. The molecule has 3 aliphatic heterocycles. The molecule has 7 nitrogen and oxygen atoms in total. The fraction of sp³-hybridized carbons (Fsp3) is 0.208. The van der Waals surface area contributed by atoms with Gasteiger partial charge in [0.05, 0.1) is 23.6 Å². The van der Waals surface area contributed by atoms with Crippen molar-refractivity contribution in [1.29, 1.82) is 0 Å². The number of hydrogen-bond donors (Lipinski definition) is 0. The van der Waals surface area contributed by atoms with Crippen LogP contribution in [-0.2, 0) is 9.59 Å². The van der Waals surface area contributed by atoms with Crippen molar-refractivity contribution in [3.63, 3.8) is 0 Å². The predicted molar refractivity (Wildman–Crippen MR) is 114 cm³/mol. The molecule has 2 aromatic carbocycles. The van der Waals surface area contributed by atoms with E-state index in [1.54, 1.807) is 65.8 Å². The van der Waals surface area contributed by atoms with Crippen LogP contribution in [0, 0.1) is 11.8 Å². The number of hydrogen-bond acceptors (Lipinski definition) is 6. The molecule has 0 bridgehead atoms. The van der Waals surface area contributed by atoms with E-state index in [-0.39, 0.29) is 17.5 Å². The summed E-state index contributed by atoms with van der Waals surface area (Å²) >= 11 is 0. The highest BCUT2D eigenvalue weighted by atomic mass is 16.2. The number of allylic oxidation sites excluding steroid dienone is 1. The van der Waals surface area contributed by atoms with Crippen molar-refractivity contribution in [2.45, 2.75) is 19.0 Å². The summed E-state index contributed by atoms with van der Waals surface area (Å²) in [5.41, 5.74) is 1.37. The summed E-state index contributed by atoms with van der Waals surface area (Å²) in [7, 11) is 0. The Bertz CT molecular complexity index is 1150. The SMILES string of the molecule is CC(=O)c1ccc(N2C(=O)[C@@H]3[C@H](C2=O)[C@H](C(=O)c2ccccc2)N2N=CC=C[C@@H]32)cc1. The Hall–Kier alpha value is -3.87. The van der Waals surface area contributed by atoms with Crippen LogP contribution in [-0.4, -0.2) is 46.7 Å². The van der Waals surface area contributed by atoms with Gasteiger partial charge in [0.1, 0.15) is 6.04 Å². The van der Waals surface area contributed by atoms with E-state index in [1.807, 2.05) is 12.1 Å². The molecule has 0 unspecified atom stereocenters. The minimum Gasteiger partial charge on any atom is -0.295 e. The minimum atomic E-state index is -0.864. The number of anilines is 1. The van der Waals surface area contributed by atoms with Gasteiger partial charge in [-0.2, -0.15) is 5.10 Å². The van der Waals surface area contributed by atoms with Crippen molar-refractivity contribution >= 4 is 35.3 Å². The fourth-order valence-electron chi connectivity index (χ4n) is 4.71. The van der Waals surface area contributed by atoms with Gasteiger partial charge < -0.3 is 0 Å². The molecule has 3 heterocycles. The summed E-state index contributed by atoms with van der Waals surface area (Å²) in [5.74, 6) is -2.65. The normalized spacial score (nSPS) is 26.2. The largest absolute Gasteiger partial charge is 0.295 e. The summed E-state index contributed by atoms with van der Waals surface area (Å²) in [6, 6.07) is 13.8. The number of carbonyl (C=O) groups is 4. The number of fused-ring (bicyclic) bond motifs is 3. The third-order valence-corrected chi connectivity index (χ3v) is 6.15. The first-order valence-electron chi connectivity index (χ1n) is 10.1. The highest BCUT2D eigenvalue weighted by Crippen LogP contribution is 2.46. The molecule has 2 amide bonds. The van der Waals surface area contributed by atoms with Crippen LogP contribution in [0.2, 0.25) is 0 Å². The maximum absolute atomic E-state index is 13.5. The van der Waals surface area contributed by atoms with Crippen LogP contribution in [0.3, 0.4) is 0 Å². The third kappa shape index (κ3) is 2.84. The van der Waals surface area contributed by atoms with E-state index in [0.29, 0.717) is 16.8 Å². The number of benzene rings is 2. The molecule has 0 saturated carbocycles. The van der Waals surface area contributed by atoms with Gasteiger partial charge in [-0.3, -0.25) is 24.2 Å². The van der Waals surface area contributed by atoms with Crippen LogP contribution < -0.4 is 4.90 Å². The van der Waals surface area contributed by atoms with Crippen LogP contribution in [0.5, 0.6) is 0 Å². The molecule has 2 fully saturated rings. The first kappa shape index (κ1) is 19.1. The van der Waals surface area contributed by atoms with Gasteiger partial charge in [-0.1, -0.05) is 36.4 Å². The zero-order valence-electron chi connectivity index (χ0n) is 16.7. The lowest BCUT2D eigenvalue weighted by molar-refractivity contribution is -0.123. The van der Waals surface area contributed by atoms with Crippen LogP contribution in [0.25, 0.3) is 0 Å². The lowest BCUT2D eigenvalue weighted by atomic mass is 9.86. The first-order valence-corrected chi connectivity index (χ1v) is 10.1. The van der Waals surface area contributed by atoms with Gasteiger partial charge in [0.15, 0.2) is 11.6 Å². The second-order valence-corrected chi connectivity index (χ2v) is 7.86. The Balaban J connectivity index is 1.55. The summed E-state index contributed by atoms with van der Waals surface area (Å²) in [5, 5.41) is 5.93. The number of ketones is 2. The first-order chi connectivity index (χ1) is 15.0. The van der Waals surface area contributed by atoms with E-state index in [4.69, 9.17) is 0 Å². The van der Waals surface area contributed by atoms with Crippen molar-refractivity contribution < 1.29 is 19.2 Å². The summed E-state index contributed by atoms with van der Waals surface area (Å²) < 4.78 is 0. The molecule has 154 valence electrons. The molecule has 7 heteroatoms. The van der Waals surface area contributed by atoms with Crippen molar-refractivity contribution in [1.82, 2.24) is 5.01 Å². The Morgan fingerprint density at radius 3 is 2.23 bits per heavy atom. The van der Waals surface area contributed by atoms with Gasteiger partial charge in [-0.05, 0) is 37.3 Å². The van der Waals surface area contributed by atoms with Crippen molar-refractivity contribution in [2.75, 3.05) is 4.90 Å². The quantitative estimate of drug-likeness (QED) is 0.568. The molecule has 31 heavy (non-hydrogen) atoms. The molecule has 4 atom stereocenters. The second kappa shape index (κ2) is 7.12. The molecule has 5 rings (SSSR count).